The summed E-state index contributed by atoms with van der Waals surface area (Å²) < 4.78 is 20.2. The van der Waals surface area contributed by atoms with Crippen molar-refractivity contribution in [3.8, 4) is 11.8 Å². The molecular weight excluding hydrogens is 535 g/mol. The molecule has 0 aliphatic carbocycles. The molecule has 0 saturated carbocycles. The average Bonchev–Trinajstić information content (AvgIpc) is 3.64. The molecule has 7 nitrogen and oxygen atoms in total. The van der Waals surface area contributed by atoms with E-state index in [0.29, 0.717) is 27.8 Å². The first-order chi connectivity index (χ1) is 20.0. The van der Waals surface area contributed by atoms with Crippen molar-refractivity contribution in [3.63, 3.8) is 0 Å². The molecule has 3 heterocycles. The zero-order valence-corrected chi connectivity index (χ0v) is 23.5. The van der Waals surface area contributed by atoms with E-state index in [1.54, 1.807) is 12.3 Å². The van der Waals surface area contributed by atoms with Crippen LogP contribution in [0.5, 0.6) is 5.75 Å². The van der Waals surface area contributed by atoms with Gasteiger partial charge in [-0.2, -0.15) is 10.2 Å². The van der Waals surface area contributed by atoms with Crippen molar-refractivity contribution in [1.82, 2.24) is 14.9 Å². The van der Waals surface area contributed by atoms with E-state index in [2.05, 4.69) is 55.8 Å². The number of nitriles is 1. The standard InChI is InChI=1S/C32H29FN6OS/c1-21-15-27(11-12-28(21)40-20-23-5-4-6-25(33)16-23)36-29-24(17-34)18-35-31-30(29)41-32(38-31)37-26-9-7-22(8-10-26)19-39-13-2-3-14-39/h4-12,15-16,18H,2-3,13-14,19-20H2,1H3,(H2,35,36,37,38). The number of halogens is 1. The molecule has 0 bridgehead atoms. The van der Waals surface area contributed by atoms with Gasteiger partial charge in [0.25, 0.3) is 0 Å². The number of ether oxygens (including phenoxy) is 1. The summed E-state index contributed by atoms with van der Waals surface area (Å²) >= 11 is 1.45. The molecular formula is C32H29FN6OS. The highest BCUT2D eigenvalue weighted by molar-refractivity contribution is 7.22. The molecule has 1 fully saturated rings. The summed E-state index contributed by atoms with van der Waals surface area (Å²) in [6, 6.07) is 22.8. The predicted molar refractivity (Wildman–Crippen MR) is 162 cm³/mol. The molecule has 0 amide bonds. The molecule has 206 valence electrons. The fraction of sp³-hybridized carbons (Fsp3) is 0.219. The van der Waals surface area contributed by atoms with Crippen molar-refractivity contribution in [2.24, 2.45) is 0 Å². The largest absolute Gasteiger partial charge is 0.489 e. The van der Waals surface area contributed by atoms with Gasteiger partial charge < -0.3 is 15.4 Å². The molecule has 0 radical (unpaired) electrons. The molecule has 1 saturated heterocycles. The molecule has 2 aromatic heterocycles. The van der Waals surface area contributed by atoms with Gasteiger partial charge in [0, 0.05) is 24.1 Å². The lowest BCUT2D eigenvalue weighted by molar-refractivity contribution is 0.303. The van der Waals surface area contributed by atoms with Crippen LogP contribution in [-0.2, 0) is 13.2 Å². The van der Waals surface area contributed by atoms with E-state index in [1.165, 1.54) is 55.0 Å². The number of pyridine rings is 1. The zero-order valence-electron chi connectivity index (χ0n) is 22.7. The van der Waals surface area contributed by atoms with Crippen LogP contribution in [0.25, 0.3) is 10.3 Å². The van der Waals surface area contributed by atoms with E-state index < -0.39 is 0 Å². The smallest absolute Gasteiger partial charge is 0.189 e. The van der Waals surface area contributed by atoms with Crippen molar-refractivity contribution in [1.29, 1.82) is 5.26 Å². The van der Waals surface area contributed by atoms with Crippen molar-refractivity contribution in [2.45, 2.75) is 32.9 Å². The Balaban J connectivity index is 1.18. The fourth-order valence-corrected chi connectivity index (χ4v) is 5.92. The van der Waals surface area contributed by atoms with Gasteiger partial charge in [-0.25, -0.2) is 9.37 Å². The summed E-state index contributed by atoms with van der Waals surface area (Å²) in [4.78, 5) is 11.6. The Morgan fingerprint density at radius 2 is 1.80 bits per heavy atom. The van der Waals surface area contributed by atoms with Crippen LogP contribution < -0.4 is 15.4 Å². The van der Waals surface area contributed by atoms with Gasteiger partial charge in [-0.3, -0.25) is 4.90 Å². The van der Waals surface area contributed by atoms with E-state index in [1.807, 2.05) is 31.2 Å². The summed E-state index contributed by atoms with van der Waals surface area (Å²) in [5.74, 6) is 0.419. The maximum atomic E-state index is 13.5. The third kappa shape index (κ3) is 6.30. The number of nitrogens with one attached hydrogen (secondary N) is 2. The molecule has 0 spiro atoms. The van der Waals surface area contributed by atoms with Gasteiger partial charge in [0.2, 0.25) is 0 Å². The molecule has 5 aromatic rings. The summed E-state index contributed by atoms with van der Waals surface area (Å²) in [6.07, 6.45) is 4.12. The minimum atomic E-state index is -0.286. The number of nitrogens with zero attached hydrogens (tertiary/aromatic N) is 4. The normalized spacial score (nSPS) is 13.3. The number of thiazole rings is 1. The quantitative estimate of drug-likeness (QED) is 0.190. The average molecular weight is 565 g/mol. The van der Waals surface area contributed by atoms with Crippen LogP contribution >= 0.6 is 11.3 Å². The third-order valence-electron chi connectivity index (χ3n) is 7.08. The highest BCUT2D eigenvalue weighted by Crippen LogP contribution is 2.37. The van der Waals surface area contributed by atoms with Crippen molar-refractivity contribution < 1.29 is 9.13 Å². The van der Waals surface area contributed by atoms with E-state index in [4.69, 9.17) is 4.74 Å². The van der Waals surface area contributed by atoms with Crippen molar-refractivity contribution in [3.05, 3.63) is 101 Å². The summed E-state index contributed by atoms with van der Waals surface area (Å²) in [5, 5.41) is 17.3. The van der Waals surface area contributed by atoms with Crippen LogP contribution in [0.15, 0.2) is 72.9 Å². The SMILES string of the molecule is Cc1cc(Nc2c(C#N)cnc3nc(Nc4ccc(CN5CCCC5)cc4)sc23)ccc1OCc1cccc(F)c1. The maximum Gasteiger partial charge on any atom is 0.189 e. The van der Waals surface area contributed by atoms with Crippen LogP contribution in [0.4, 0.5) is 26.6 Å². The number of aromatic nitrogens is 2. The number of fused-ring (bicyclic) bond motifs is 1. The summed E-state index contributed by atoms with van der Waals surface area (Å²) in [7, 11) is 0. The minimum absolute atomic E-state index is 0.271. The second kappa shape index (κ2) is 11.9. The predicted octanol–water partition coefficient (Wildman–Crippen LogP) is 7.67. The minimum Gasteiger partial charge on any atom is -0.489 e. The fourth-order valence-electron chi connectivity index (χ4n) is 4.97. The van der Waals surface area contributed by atoms with E-state index in [9.17, 15) is 9.65 Å². The van der Waals surface area contributed by atoms with Gasteiger partial charge in [-0.05, 0) is 92.0 Å². The molecule has 2 N–H and O–H groups in total. The first kappa shape index (κ1) is 26.7. The molecule has 0 atom stereocenters. The lowest BCUT2D eigenvalue weighted by Gasteiger charge is -2.14. The lowest BCUT2D eigenvalue weighted by Crippen LogP contribution is -2.18. The van der Waals surface area contributed by atoms with E-state index >= 15 is 0 Å². The Kier molecular flexibility index (Phi) is 7.76. The molecule has 1 aliphatic rings. The Hall–Kier alpha value is -4.52. The van der Waals surface area contributed by atoms with Gasteiger partial charge in [-0.1, -0.05) is 35.6 Å². The topological polar surface area (TPSA) is 86.1 Å². The maximum absolute atomic E-state index is 13.5. The van der Waals surface area contributed by atoms with Crippen LogP contribution in [0.1, 0.15) is 35.1 Å². The van der Waals surface area contributed by atoms with Gasteiger partial charge in [0.15, 0.2) is 10.8 Å². The first-order valence-electron chi connectivity index (χ1n) is 13.6. The molecule has 3 aromatic carbocycles. The second-order valence-electron chi connectivity index (χ2n) is 10.2. The molecule has 6 rings (SSSR count). The molecule has 1 aliphatic heterocycles. The van der Waals surface area contributed by atoms with Gasteiger partial charge in [0.1, 0.15) is 28.9 Å². The Bertz CT molecular complexity index is 1720. The van der Waals surface area contributed by atoms with Gasteiger partial charge >= 0.3 is 0 Å². The number of anilines is 4. The Morgan fingerprint density at radius 1 is 1.00 bits per heavy atom. The number of aryl methyl sites for hydroxylation is 1. The highest BCUT2D eigenvalue weighted by Gasteiger charge is 2.16. The van der Waals surface area contributed by atoms with E-state index in [-0.39, 0.29) is 12.4 Å². The van der Waals surface area contributed by atoms with Gasteiger partial charge in [0.05, 0.1) is 11.3 Å². The number of rotatable bonds is 9. The van der Waals surface area contributed by atoms with Gasteiger partial charge in [-0.15, -0.1) is 0 Å². The Labute approximate surface area is 242 Å². The second-order valence-corrected chi connectivity index (χ2v) is 11.2. The van der Waals surface area contributed by atoms with Crippen LogP contribution in [0.3, 0.4) is 0 Å². The summed E-state index contributed by atoms with van der Waals surface area (Å²) in [6.45, 7) is 5.55. The molecule has 0 unspecified atom stereocenters. The number of benzene rings is 3. The monoisotopic (exact) mass is 564 g/mol. The van der Waals surface area contributed by atoms with Crippen LogP contribution in [0, 0.1) is 24.1 Å². The molecule has 41 heavy (non-hydrogen) atoms. The summed E-state index contributed by atoms with van der Waals surface area (Å²) in [5.41, 5.74) is 6.40. The molecule has 9 heteroatoms. The Morgan fingerprint density at radius 3 is 2.56 bits per heavy atom. The first-order valence-corrected chi connectivity index (χ1v) is 14.4. The van der Waals surface area contributed by atoms with Crippen LogP contribution in [-0.4, -0.2) is 28.0 Å². The third-order valence-corrected chi connectivity index (χ3v) is 8.06. The van der Waals surface area contributed by atoms with Crippen molar-refractivity contribution >= 4 is 43.9 Å². The number of hydrogen-bond acceptors (Lipinski definition) is 8. The highest BCUT2D eigenvalue weighted by atomic mass is 32.1. The van der Waals surface area contributed by atoms with Crippen LogP contribution in [0.2, 0.25) is 0 Å². The number of hydrogen-bond donors (Lipinski definition) is 2. The lowest BCUT2D eigenvalue weighted by atomic mass is 10.1. The van der Waals surface area contributed by atoms with Crippen molar-refractivity contribution in [2.75, 3.05) is 23.7 Å². The van der Waals surface area contributed by atoms with E-state index in [0.717, 1.165) is 33.7 Å². The number of likely N-dealkylation sites (tertiary alicyclic amines) is 1. The zero-order chi connectivity index (χ0) is 28.2.